The molecule has 0 aliphatic heterocycles. The van der Waals surface area contributed by atoms with Gasteiger partial charge >= 0.3 is 0 Å². The summed E-state index contributed by atoms with van der Waals surface area (Å²) in [5.74, 6) is 0. The van der Waals surface area contributed by atoms with Crippen molar-refractivity contribution < 1.29 is 1.37 Å². The molecule has 44 heavy (non-hydrogen) atoms. The maximum absolute atomic E-state index is 8.46. The highest BCUT2D eigenvalue weighted by molar-refractivity contribution is 6.26. The zero-order chi connectivity index (χ0) is 29.9. The lowest BCUT2D eigenvalue weighted by Gasteiger charge is -2.16. The highest BCUT2D eigenvalue weighted by atomic mass is 15.0. The number of benzene rings is 7. The van der Waals surface area contributed by atoms with Crippen LogP contribution in [0.1, 0.15) is 1.37 Å². The maximum Gasteiger partial charge on any atom is 0.0641 e. The second kappa shape index (κ2) is 9.86. The van der Waals surface area contributed by atoms with Gasteiger partial charge in [0.1, 0.15) is 0 Å². The van der Waals surface area contributed by atoms with Gasteiger partial charge in [0.15, 0.2) is 0 Å². The molecule has 0 bridgehead atoms. The van der Waals surface area contributed by atoms with E-state index in [1.54, 1.807) is 0 Å². The van der Waals surface area contributed by atoms with Crippen molar-refractivity contribution >= 4 is 43.6 Å². The Kier molecular flexibility index (Phi) is 5.31. The second-order valence-electron chi connectivity index (χ2n) is 11.3. The van der Waals surface area contributed by atoms with Crippen molar-refractivity contribution in [3.63, 3.8) is 0 Å². The first kappa shape index (κ1) is 23.7. The van der Waals surface area contributed by atoms with Gasteiger partial charge in [-0.2, -0.15) is 0 Å². The zero-order valence-electron chi connectivity index (χ0n) is 25.0. The molecular formula is C42H28N2. The minimum Gasteiger partial charge on any atom is -0.309 e. The first-order chi connectivity index (χ1) is 22.3. The van der Waals surface area contributed by atoms with Gasteiger partial charge in [-0.15, -0.1) is 0 Å². The fourth-order valence-corrected chi connectivity index (χ4v) is 6.94. The Balaban J connectivity index is 1.46. The minimum atomic E-state index is 0.516. The minimum absolute atomic E-state index is 0.516. The first-order valence-corrected chi connectivity index (χ1v) is 15.0. The molecule has 0 radical (unpaired) electrons. The fourth-order valence-electron chi connectivity index (χ4n) is 6.94. The average Bonchev–Trinajstić information content (AvgIpc) is 3.61. The quantitative estimate of drug-likeness (QED) is 0.202. The third-order valence-corrected chi connectivity index (χ3v) is 8.85. The second-order valence-corrected chi connectivity index (χ2v) is 11.3. The highest BCUT2D eigenvalue weighted by Crippen LogP contribution is 2.43. The molecule has 0 aliphatic rings. The van der Waals surface area contributed by atoms with Crippen molar-refractivity contribution in [2.24, 2.45) is 0 Å². The van der Waals surface area contributed by atoms with Crippen molar-refractivity contribution in [1.82, 2.24) is 9.13 Å². The summed E-state index contributed by atoms with van der Waals surface area (Å²) in [4.78, 5) is 0. The predicted octanol–water partition coefficient (Wildman–Crippen LogP) is 11.2. The molecule has 2 heterocycles. The summed E-state index contributed by atoms with van der Waals surface area (Å²) in [5, 5.41) is 4.66. The molecule has 0 spiro atoms. The lowest BCUT2D eigenvalue weighted by Crippen LogP contribution is -1.98. The molecule has 0 saturated heterocycles. The number of hydrogen-bond acceptors (Lipinski definition) is 0. The van der Waals surface area contributed by atoms with Crippen molar-refractivity contribution in [2.75, 3.05) is 0 Å². The van der Waals surface area contributed by atoms with E-state index in [4.69, 9.17) is 1.37 Å². The van der Waals surface area contributed by atoms with Crippen molar-refractivity contribution in [2.45, 2.75) is 0 Å². The van der Waals surface area contributed by atoms with Crippen LogP contribution in [0.2, 0.25) is 0 Å². The molecule has 9 rings (SSSR count). The molecule has 206 valence electrons. The van der Waals surface area contributed by atoms with E-state index in [9.17, 15) is 0 Å². The first-order valence-electron chi connectivity index (χ1n) is 15.5. The molecule has 0 unspecified atom stereocenters. The summed E-state index contributed by atoms with van der Waals surface area (Å²) in [6.07, 6.45) is 0. The summed E-state index contributed by atoms with van der Waals surface area (Å²) in [6.45, 7) is 0. The Morgan fingerprint density at radius 3 is 1.86 bits per heavy atom. The number of hydrogen-bond donors (Lipinski definition) is 0. The molecule has 2 heteroatoms. The molecule has 0 aliphatic carbocycles. The van der Waals surface area contributed by atoms with Crippen LogP contribution in [0.15, 0.2) is 170 Å². The molecule has 0 N–H and O–H groups in total. The summed E-state index contributed by atoms with van der Waals surface area (Å²) in [5.41, 5.74) is 11.6. The summed E-state index contributed by atoms with van der Waals surface area (Å²) >= 11 is 0. The topological polar surface area (TPSA) is 9.86 Å². The summed E-state index contributed by atoms with van der Waals surface area (Å²) in [6, 6.07) is 58.5. The lowest BCUT2D eigenvalue weighted by molar-refractivity contribution is 1.17. The largest absolute Gasteiger partial charge is 0.309 e. The van der Waals surface area contributed by atoms with Gasteiger partial charge in [0, 0.05) is 32.8 Å². The van der Waals surface area contributed by atoms with Crippen LogP contribution >= 0.6 is 0 Å². The van der Waals surface area contributed by atoms with Crippen LogP contribution in [0.5, 0.6) is 0 Å². The standard InChI is InChI=1S/C42H28N2/c1-4-14-29(15-5-1)31-24-25-33(30-16-6-2-7-17-30)40(28-31)44-38-23-13-11-21-36(38)41-39(44)27-26-35-34-20-10-12-22-37(34)43(42(35)41)32-18-8-3-9-19-32/h1-28H/i10D. The van der Waals surface area contributed by atoms with Crippen LogP contribution in [0.3, 0.4) is 0 Å². The van der Waals surface area contributed by atoms with E-state index in [2.05, 4.69) is 161 Å². The van der Waals surface area contributed by atoms with E-state index in [1.807, 2.05) is 12.1 Å². The predicted molar refractivity (Wildman–Crippen MR) is 186 cm³/mol. The SMILES string of the molecule is [2H]c1ccc2c(c1)c1ccc3c(c4ccccc4n3-c3cc(-c4ccccc4)ccc3-c3ccccc3)c1n2-c1ccccc1. The van der Waals surface area contributed by atoms with E-state index in [0.29, 0.717) is 6.04 Å². The van der Waals surface area contributed by atoms with E-state index >= 15 is 0 Å². The Labute approximate surface area is 257 Å². The molecule has 9 aromatic rings. The molecule has 7 aromatic carbocycles. The molecular weight excluding hydrogens is 532 g/mol. The monoisotopic (exact) mass is 561 g/mol. The van der Waals surface area contributed by atoms with Crippen LogP contribution in [0.25, 0.3) is 77.2 Å². The Morgan fingerprint density at radius 2 is 1.07 bits per heavy atom. The molecule has 0 amide bonds. The Morgan fingerprint density at radius 1 is 0.409 bits per heavy atom. The third-order valence-electron chi connectivity index (χ3n) is 8.85. The molecule has 0 fully saturated rings. The Hall–Kier alpha value is -5.86. The van der Waals surface area contributed by atoms with Gasteiger partial charge in [-0.25, -0.2) is 0 Å². The number of para-hydroxylation sites is 3. The fraction of sp³-hybridized carbons (Fsp3) is 0. The molecule has 2 nitrogen and oxygen atoms in total. The van der Waals surface area contributed by atoms with Crippen LogP contribution in [-0.4, -0.2) is 9.13 Å². The lowest BCUT2D eigenvalue weighted by atomic mass is 9.98. The van der Waals surface area contributed by atoms with Crippen LogP contribution < -0.4 is 0 Å². The Bertz CT molecular complexity index is 2520. The normalized spacial score (nSPS) is 12.0. The van der Waals surface area contributed by atoms with Crippen LogP contribution in [0, 0.1) is 0 Å². The zero-order valence-corrected chi connectivity index (χ0v) is 24.0. The summed E-state index contributed by atoms with van der Waals surface area (Å²) in [7, 11) is 0. The van der Waals surface area contributed by atoms with Crippen LogP contribution in [-0.2, 0) is 0 Å². The van der Waals surface area contributed by atoms with Crippen molar-refractivity contribution in [3.05, 3.63) is 170 Å². The van der Waals surface area contributed by atoms with E-state index in [-0.39, 0.29) is 0 Å². The van der Waals surface area contributed by atoms with Crippen LogP contribution in [0.4, 0.5) is 0 Å². The molecule has 0 atom stereocenters. The van der Waals surface area contributed by atoms with Gasteiger partial charge in [0.25, 0.3) is 0 Å². The van der Waals surface area contributed by atoms with Gasteiger partial charge in [-0.05, 0) is 53.1 Å². The maximum atomic E-state index is 8.46. The van der Waals surface area contributed by atoms with Gasteiger partial charge < -0.3 is 9.13 Å². The summed E-state index contributed by atoms with van der Waals surface area (Å²) < 4.78 is 13.3. The highest BCUT2D eigenvalue weighted by Gasteiger charge is 2.22. The van der Waals surface area contributed by atoms with Gasteiger partial charge in [0.05, 0.1) is 29.1 Å². The average molecular weight is 562 g/mol. The van der Waals surface area contributed by atoms with Gasteiger partial charge in [-0.3, -0.25) is 0 Å². The third kappa shape index (κ3) is 3.68. The van der Waals surface area contributed by atoms with Gasteiger partial charge in [0.2, 0.25) is 0 Å². The smallest absolute Gasteiger partial charge is 0.0641 e. The van der Waals surface area contributed by atoms with E-state index in [1.165, 1.54) is 33.0 Å². The van der Waals surface area contributed by atoms with E-state index in [0.717, 1.165) is 44.2 Å². The van der Waals surface area contributed by atoms with E-state index < -0.39 is 0 Å². The van der Waals surface area contributed by atoms with Crippen molar-refractivity contribution in [1.29, 1.82) is 0 Å². The number of aromatic nitrogens is 2. The number of rotatable bonds is 4. The number of fused-ring (bicyclic) bond motifs is 7. The molecule has 0 saturated carbocycles. The van der Waals surface area contributed by atoms with Gasteiger partial charge in [-0.1, -0.05) is 133 Å². The number of nitrogens with zero attached hydrogens (tertiary/aromatic N) is 2. The molecule has 2 aromatic heterocycles. The van der Waals surface area contributed by atoms with Crippen molar-refractivity contribution in [3.8, 4) is 33.6 Å².